The standard InChI is InChI=1S/C27H25Cl2F3N2O5/c1-2-6-18-22(10-8-17-19(27(30,31)32)14-24(36)39-25(17)18)38-12-5-3-4-11-33-23(35)15-34(26(33)37)21-9-7-16(28)13-20(21)29/h7-10,13-14H,2-6,11-12,15H2,1H3. The van der Waals surface area contributed by atoms with Gasteiger partial charge in [-0.15, -0.1) is 0 Å². The third-order valence-corrected chi connectivity index (χ3v) is 6.86. The van der Waals surface area contributed by atoms with Gasteiger partial charge in [-0.25, -0.2) is 9.59 Å². The summed E-state index contributed by atoms with van der Waals surface area (Å²) in [7, 11) is 0. The highest BCUT2D eigenvalue weighted by Gasteiger charge is 2.37. The lowest BCUT2D eigenvalue weighted by atomic mass is 10.0. The lowest BCUT2D eigenvalue weighted by Crippen LogP contribution is -2.34. The average molecular weight is 585 g/mol. The molecule has 0 bridgehead atoms. The Labute approximate surface area is 232 Å². The van der Waals surface area contributed by atoms with Crippen molar-refractivity contribution in [3.8, 4) is 5.75 Å². The van der Waals surface area contributed by atoms with Crippen LogP contribution in [0.3, 0.4) is 0 Å². The van der Waals surface area contributed by atoms with Gasteiger partial charge in [0.2, 0.25) is 0 Å². The molecule has 0 unspecified atom stereocenters. The second kappa shape index (κ2) is 11.9. The van der Waals surface area contributed by atoms with Crippen LogP contribution >= 0.6 is 23.2 Å². The molecular formula is C27H25Cl2F3N2O5. The molecule has 0 atom stereocenters. The van der Waals surface area contributed by atoms with Crippen molar-refractivity contribution in [3.05, 3.63) is 68.0 Å². The van der Waals surface area contributed by atoms with Crippen LogP contribution in [0.2, 0.25) is 10.0 Å². The van der Waals surface area contributed by atoms with Crippen LogP contribution < -0.4 is 15.3 Å². The first-order valence-corrected chi connectivity index (χ1v) is 13.1. The molecule has 3 aromatic rings. The molecule has 0 saturated carbocycles. The number of hydrogen-bond donors (Lipinski definition) is 0. The van der Waals surface area contributed by atoms with Crippen LogP contribution in [0.1, 0.15) is 43.7 Å². The highest BCUT2D eigenvalue weighted by Crippen LogP contribution is 2.37. The minimum atomic E-state index is -4.70. The lowest BCUT2D eigenvalue weighted by Gasteiger charge is -2.18. The zero-order valence-electron chi connectivity index (χ0n) is 20.9. The van der Waals surface area contributed by atoms with Gasteiger partial charge in [-0.05, 0) is 56.0 Å². The SMILES string of the molecule is CCCc1c(OCCCCCN2C(=O)CN(c3ccc(Cl)cc3Cl)C2=O)ccc2c(C(F)(F)F)cc(=O)oc12. The van der Waals surface area contributed by atoms with E-state index in [1.165, 1.54) is 28.0 Å². The second-order valence-electron chi connectivity index (χ2n) is 9.06. The topological polar surface area (TPSA) is 80.1 Å². The predicted octanol–water partition coefficient (Wildman–Crippen LogP) is 7.09. The molecule has 0 N–H and O–H groups in total. The Balaban J connectivity index is 1.35. The van der Waals surface area contributed by atoms with Crippen LogP contribution in [0, 0.1) is 0 Å². The molecule has 39 heavy (non-hydrogen) atoms. The van der Waals surface area contributed by atoms with E-state index in [-0.39, 0.29) is 41.6 Å². The molecule has 4 rings (SSSR count). The number of anilines is 1. The highest BCUT2D eigenvalue weighted by molar-refractivity contribution is 6.37. The van der Waals surface area contributed by atoms with Crippen LogP contribution in [-0.4, -0.2) is 36.5 Å². The van der Waals surface area contributed by atoms with Crippen molar-refractivity contribution in [2.24, 2.45) is 0 Å². The fraction of sp³-hybridized carbons (Fsp3) is 0.370. The van der Waals surface area contributed by atoms with Crippen LogP contribution in [0.15, 0.2) is 45.6 Å². The molecule has 1 aliphatic heterocycles. The summed E-state index contributed by atoms with van der Waals surface area (Å²) in [5.74, 6) is 0.0227. The van der Waals surface area contributed by atoms with Crippen LogP contribution in [0.4, 0.5) is 23.7 Å². The summed E-state index contributed by atoms with van der Waals surface area (Å²) in [4.78, 5) is 39.6. The van der Waals surface area contributed by atoms with Gasteiger partial charge in [0.25, 0.3) is 5.91 Å². The van der Waals surface area contributed by atoms with Gasteiger partial charge in [-0.2, -0.15) is 13.2 Å². The van der Waals surface area contributed by atoms with Gasteiger partial charge in [0.05, 0.1) is 22.9 Å². The first-order valence-electron chi connectivity index (χ1n) is 12.4. The summed E-state index contributed by atoms with van der Waals surface area (Å²) in [6, 6.07) is 7.39. The Morgan fingerprint density at radius 1 is 1.03 bits per heavy atom. The van der Waals surface area contributed by atoms with Gasteiger partial charge in [-0.3, -0.25) is 14.6 Å². The van der Waals surface area contributed by atoms with E-state index in [9.17, 15) is 27.6 Å². The third-order valence-electron chi connectivity index (χ3n) is 6.32. The van der Waals surface area contributed by atoms with Crippen LogP contribution in [-0.2, 0) is 17.4 Å². The maximum atomic E-state index is 13.5. The van der Waals surface area contributed by atoms with E-state index in [2.05, 4.69) is 0 Å². The number of nitrogens with zero attached hydrogens (tertiary/aromatic N) is 2. The van der Waals surface area contributed by atoms with Crippen molar-refractivity contribution < 1.29 is 31.9 Å². The van der Waals surface area contributed by atoms with E-state index in [1.807, 2.05) is 6.92 Å². The predicted molar refractivity (Wildman–Crippen MR) is 142 cm³/mol. The number of hydrogen-bond acceptors (Lipinski definition) is 5. The number of carbonyl (C=O) groups excluding carboxylic acids is 2. The molecule has 7 nitrogen and oxygen atoms in total. The molecule has 1 aliphatic rings. The van der Waals surface area contributed by atoms with Gasteiger partial charge >= 0.3 is 17.8 Å². The fourth-order valence-electron chi connectivity index (χ4n) is 4.50. The number of aryl methyl sites for hydroxylation is 1. The van der Waals surface area contributed by atoms with Crippen molar-refractivity contribution in [2.75, 3.05) is 24.6 Å². The summed E-state index contributed by atoms with van der Waals surface area (Å²) >= 11 is 12.1. The van der Waals surface area contributed by atoms with Gasteiger partial charge in [-0.1, -0.05) is 36.5 Å². The third kappa shape index (κ3) is 6.33. The van der Waals surface area contributed by atoms with E-state index in [4.69, 9.17) is 32.4 Å². The monoisotopic (exact) mass is 584 g/mol. The van der Waals surface area contributed by atoms with Crippen molar-refractivity contribution >= 4 is 51.8 Å². The molecule has 1 saturated heterocycles. The minimum Gasteiger partial charge on any atom is -0.493 e. The molecule has 1 aromatic heterocycles. The van der Waals surface area contributed by atoms with Crippen molar-refractivity contribution in [3.63, 3.8) is 0 Å². The molecule has 0 spiro atoms. The number of benzene rings is 2. The van der Waals surface area contributed by atoms with E-state index in [0.29, 0.717) is 60.2 Å². The first kappa shape index (κ1) is 28.8. The number of fused-ring (bicyclic) bond motifs is 1. The maximum Gasteiger partial charge on any atom is 0.417 e. The lowest BCUT2D eigenvalue weighted by molar-refractivity contribution is -0.136. The number of halogens is 5. The van der Waals surface area contributed by atoms with Crippen LogP contribution in [0.25, 0.3) is 11.0 Å². The number of unbranched alkanes of at least 4 members (excludes halogenated alkanes) is 2. The number of amides is 3. The van der Waals surface area contributed by atoms with E-state index in [0.717, 1.165) is 0 Å². The molecular weight excluding hydrogens is 560 g/mol. The maximum absolute atomic E-state index is 13.5. The van der Waals surface area contributed by atoms with Gasteiger partial charge in [0, 0.05) is 28.6 Å². The number of alkyl halides is 3. The van der Waals surface area contributed by atoms with Crippen LogP contribution in [0.5, 0.6) is 5.75 Å². The van der Waals surface area contributed by atoms with Gasteiger partial charge in [0.1, 0.15) is 17.9 Å². The summed E-state index contributed by atoms with van der Waals surface area (Å²) in [5, 5.41) is 0.501. The Kier molecular flexibility index (Phi) is 8.76. The summed E-state index contributed by atoms with van der Waals surface area (Å²) in [6.07, 6.45) is -2.00. The van der Waals surface area contributed by atoms with Crippen molar-refractivity contribution in [2.45, 2.75) is 45.2 Å². The zero-order valence-corrected chi connectivity index (χ0v) is 22.5. The molecule has 208 valence electrons. The Morgan fingerprint density at radius 3 is 2.49 bits per heavy atom. The summed E-state index contributed by atoms with van der Waals surface area (Å²) < 4.78 is 51.4. The number of ether oxygens (including phenoxy) is 1. The van der Waals surface area contributed by atoms with E-state index >= 15 is 0 Å². The number of imide groups is 1. The smallest absolute Gasteiger partial charge is 0.417 e. The number of rotatable bonds is 10. The normalized spacial score (nSPS) is 14.1. The van der Waals surface area contributed by atoms with Gasteiger partial charge < -0.3 is 9.15 Å². The number of carbonyl (C=O) groups is 2. The largest absolute Gasteiger partial charge is 0.493 e. The second-order valence-corrected chi connectivity index (χ2v) is 9.91. The molecule has 12 heteroatoms. The van der Waals surface area contributed by atoms with E-state index in [1.54, 1.807) is 12.1 Å². The quantitative estimate of drug-likeness (QED) is 0.144. The Bertz CT molecular complexity index is 1460. The number of urea groups is 1. The molecule has 0 aliphatic carbocycles. The highest BCUT2D eigenvalue weighted by atomic mass is 35.5. The van der Waals surface area contributed by atoms with Crippen molar-refractivity contribution in [1.82, 2.24) is 4.90 Å². The molecule has 2 heterocycles. The Hall–Kier alpha value is -3.24. The fourth-order valence-corrected chi connectivity index (χ4v) is 5.01. The first-order chi connectivity index (χ1) is 18.5. The molecule has 1 fully saturated rings. The molecule has 2 aromatic carbocycles. The average Bonchev–Trinajstić information content (AvgIpc) is 3.14. The van der Waals surface area contributed by atoms with Gasteiger partial charge in [0.15, 0.2) is 0 Å². The molecule has 3 amide bonds. The van der Waals surface area contributed by atoms with E-state index < -0.39 is 23.4 Å². The minimum absolute atomic E-state index is 0.113. The molecule has 0 radical (unpaired) electrons. The zero-order chi connectivity index (χ0) is 28.3. The van der Waals surface area contributed by atoms with Crippen molar-refractivity contribution in [1.29, 1.82) is 0 Å². The summed E-state index contributed by atoms with van der Waals surface area (Å²) in [6.45, 7) is 2.22. The Morgan fingerprint density at radius 2 is 1.79 bits per heavy atom. The summed E-state index contributed by atoms with van der Waals surface area (Å²) in [5.41, 5.74) is -1.42.